The highest BCUT2D eigenvalue weighted by Crippen LogP contribution is 2.21. The molecule has 0 aliphatic carbocycles. The maximum absolute atomic E-state index is 12.8. The van der Waals surface area contributed by atoms with Gasteiger partial charge in [0.1, 0.15) is 0 Å². The fraction of sp³-hybridized carbons (Fsp3) is 0.150. The van der Waals surface area contributed by atoms with Crippen molar-refractivity contribution in [3.8, 4) is 5.69 Å². The Labute approximate surface area is 151 Å². The van der Waals surface area contributed by atoms with Gasteiger partial charge in [-0.1, -0.05) is 24.3 Å². The number of amides is 2. The molecule has 6 nitrogen and oxygen atoms in total. The van der Waals surface area contributed by atoms with Gasteiger partial charge < -0.3 is 10.6 Å². The van der Waals surface area contributed by atoms with Crippen LogP contribution in [0.1, 0.15) is 28.7 Å². The van der Waals surface area contributed by atoms with Crippen molar-refractivity contribution in [3.05, 3.63) is 71.5 Å². The molecule has 2 amide bonds. The standard InChI is InChI=1S/C20H20N4O2/c1-13-19(14(2)24(23-13)18-10-5-4-6-11-18)20(26)22-17-9-7-8-16(12-17)21-15(3)25/h4-12H,1-3H3,(H,21,25)(H,22,26). The van der Waals surface area contributed by atoms with Crippen molar-refractivity contribution in [2.75, 3.05) is 10.6 Å². The Morgan fingerprint density at radius 2 is 1.58 bits per heavy atom. The zero-order valence-corrected chi connectivity index (χ0v) is 14.9. The van der Waals surface area contributed by atoms with E-state index in [-0.39, 0.29) is 11.8 Å². The average Bonchev–Trinajstić information content (AvgIpc) is 2.90. The Kier molecular flexibility index (Phi) is 4.84. The fourth-order valence-corrected chi connectivity index (χ4v) is 2.86. The van der Waals surface area contributed by atoms with Crippen LogP contribution in [0.5, 0.6) is 0 Å². The summed E-state index contributed by atoms with van der Waals surface area (Å²) in [4.78, 5) is 24.0. The van der Waals surface area contributed by atoms with E-state index in [1.165, 1.54) is 6.92 Å². The number of anilines is 2. The molecule has 2 aromatic carbocycles. The molecular weight excluding hydrogens is 328 g/mol. The average molecular weight is 348 g/mol. The van der Waals surface area contributed by atoms with Crippen molar-refractivity contribution in [2.45, 2.75) is 20.8 Å². The molecule has 3 aromatic rings. The van der Waals surface area contributed by atoms with Crippen molar-refractivity contribution in [2.24, 2.45) is 0 Å². The zero-order chi connectivity index (χ0) is 18.7. The minimum absolute atomic E-state index is 0.163. The van der Waals surface area contributed by atoms with Crippen LogP contribution in [0.2, 0.25) is 0 Å². The molecule has 1 aromatic heterocycles. The molecule has 26 heavy (non-hydrogen) atoms. The van der Waals surface area contributed by atoms with Crippen LogP contribution in [0.4, 0.5) is 11.4 Å². The zero-order valence-electron chi connectivity index (χ0n) is 14.9. The summed E-state index contributed by atoms with van der Waals surface area (Å²) in [5.41, 5.74) is 4.10. The number of aryl methyl sites for hydroxylation is 1. The number of hydrogen-bond acceptors (Lipinski definition) is 3. The number of para-hydroxylation sites is 1. The lowest BCUT2D eigenvalue weighted by Gasteiger charge is -2.09. The van der Waals surface area contributed by atoms with Gasteiger partial charge in [0.15, 0.2) is 0 Å². The molecule has 3 rings (SSSR count). The molecule has 0 fully saturated rings. The predicted molar refractivity (Wildman–Crippen MR) is 102 cm³/mol. The molecule has 1 heterocycles. The second kappa shape index (κ2) is 7.23. The first-order chi connectivity index (χ1) is 12.5. The van der Waals surface area contributed by atoms with E-state index in [1.54, 1.807) is 28.9 Å². The highest BCUT2D eigenvalue weighted by Gasteiger charge is 2.19. The van der Waals surface area contributed by atoms with Crippen LogP contribution >= 0.6 is 0 Å². The molecule has 0 atom stereocenters. The number of nitrogens with zero attached hydrogens (tertiary/aromatic N) is 2. The highest BCUT2D eigenvalue weighted by molar-refractivity contribution is 6.06. The molecule has 0 saturated carbocycles. The summed E-state index contributed by atoms with van der Waals surface area (Å²) in [5, 5.41) is 10.1. The summed E-state index contributed by atoms with van der Waals surface area (Å²) in [6.07, 6.45) is 0. The number of rotatable bonds is 4. The largest absolute Gasteiger partial charge is 0.326 e. The lowest BCUT2D eigenvalue weighted by atomic mass is 10.1. The first-order valence-corrected chi connectivity index (χ1v) is 8.26. The number of hydrogen-bond donors (Lipinski definition) is 2. The summed E-state index contributed by atoms with van der Waals surface area (Å²) in [5.74, 6) is -0.397. The van der Waals surface area contributed by atoms with Crippen LogP contribution in [0, 0.1) is 13.8 Å². The SMILES string of the molecule is CC(=O)Nc1cccc(NC(=O)c2c(C)nn(-c3ccccc3)c2C)c1. The molecule has 2 N–H and O–H groups in total. The van der Waals surface area contributed by atoms with Gasteiger partial charge in [-0.15, -0.1) is 0 Å². The second-order valence-electron chi connectivity index (χ2n) is 6.01. The third-order valence-corrected chi connectivity index (χ3v) is 3.96. The molecule has 0 radical (unpaired) electrons. The Morgan fingerprint density at radius 1 is 0.923 bits per heavy atom. The van der Waals surface area contributed by atoms with E-state index >= 15 is 0 Å². The molecule has 0 unspecified atom stereocenters. The van der Waals surface area contributed by atoms with Crippen molar-refractivity contribution in [3.63, 3.8) is 0 Å². The van der Waals surface area contributed by atoms with E-state index in [0.29, 0.717) is 22.6 Å². The van der Waals surface area contributed by atoms with E-state index in [2.05, 4.69) is 15.7 Å². The predicted octanol–water partition coefficient (Wildman–Crippen LogP) is 3.70. The van der Waals surface area contributed by atoms with Gasteiger partial charge in [0, 0.05) is 18.3 Å². The number of aromatic nitrogens is 2. The maximum Gasteiger partial charge on any atom is 0.259 e. The number of nitrogens with one attached hydrogen (secondary N) is 2. The molecule has 0 bridgehead atoms. The Morgan fingerprint density at radius 3 is 2.23 bits per heavy atom. The van der Waals surface area contributed by atoms with Crippen LogP contribution < -0.4 is 10.6 Å². The van der Waals surface area contributed by atoms with E-state index in [9.17, 15) is 9.59 Å². The minimum Gasteiger partial charge on any atom is -0.326 e. The molecule has 6 heteroatoms. The van der Waals surface area contributed by atoms with Crippen molar-refractivity contribution >= 4 is 23.2 Å². The van der Waals surface area contributed by atoms with Gasteiger partial charge in [-0.2, -0.15) is 5.10 Å². The smallest absolute Gasteiger partial charge is 0.259 e. The molecular formula is C20H20N4O2. The number of benzene rings is 2. The van der Waals surface area contributed by atoms with Crippen molar-refractivity contribution in [1.29, 1.82) is 0 Å². The van der Waals surface area contributed by atoms with Gasteiger partial charge in [-0.25, -0.2) is 4.68 Å². The van der Waals surface area contributed by atoms with Crippen molar-refractivity contribution in [1.82, 2.24) is 9.78 Å². The van der Waals surface area contributed by atoms with Gasteiger partial charge in [0.25, 0.3) is 5.91 Å². The summed E-state index contributed by atoms with van der Waals surface area (Å²) >= 11 is 0. The van der Waals surface area contributed by atoms with Crippen LogP contribution in [0.3, 0.4) is 0 Å². The van der Waals surface area contributed by atoms with E-state index in [4.69, 9.17) is 0 Å². The normalized spacial score (nSPS) is 10.4. The number of carbonyl (C=O) groups is 2. The molecule has 0 spiro atoms. The van der Waals surface area contributed by atoms with E-state index in [1.807, 2.05) is 44.2 Å². The second-order valence-corrected chi connectivity index (χ2v) is 6.01. The summed E-state index contributed by atoms with van der Waals surface area (Å²) in [6.45, 7) is 5.13. The van der Waals surface area contributed by atoms with Gasteiger partial charge in [-0.05, 0) is 44.2 Å². The summed E-state index contributed by atoms with van der Waals surface area (Å²) in [6, 6.07) is 16.7. The molecule has 132 valence electrons. The summed E-state index contributed by atoms with van der Waals surface area (Å²) < 4.78 is 1.76. The van der Waals surface area contributed by atoms with Crippen LogP contribution in [-0.2, 0) is 4.79 Å². The monoisotopic (exact) mass is 348 g/mol. The third kappa shape index (κ3) is 3.64. The first-order valence-electron chi connectivity index (χ1n) is 8.26. The molecule has 0 aliphatic rings. The van der Waals surface area contributed by atoms with Crippen LogP contribution in [0.15, 0.2) is 54.6 Å². The lowest BCUT2D eigenvalue weighted by Crippen LogP contribution is -2.14. The van der Waals surface area contributed by atoms with E-state index < -0.39 is 0 Å². The minimum atomic E-state index is -0.234. The molecule has 0 saturated heterocycles. The maximum atomic E-state index is 12.8. The Balaban J connectivity index is 1.87. The lowest BCUT2D eigenvalue weighted by molar-refractivity contribution is -0.114. The fourth-order valence-electron chi connectivity index (χ4n) is 2.86. The Bertz CT molecular complexity index is 961. The first kappa shape index (κ1) is 17.4. The van der Waals surface area contributed by atoms with Gasteiger partial charge in [0.2, 0.25) is 5.91 Å². The van der Waals surface area contributed by atoms with Crippen molar-refractivity contribution < 1.29 is 9.59 Å². The van der Waals surface area contributed by atoms with Crippen LogP contribution in [0.25, 0.3) is 5.69 Å². The third-order valence-electron chi connectivity index (χ3n) is 3.96. The van der Waals surface area contributed by atoms with Gasteiger partial charge >= 0.3 is 0 Å². The van der Waals surface area contributed by atoms with Gasteiger partial charge in [-0.3, -0.25) is 9.59 Å². The topological polar surface area (TPSA) is 76.0 Å². The van der Waals surface area contributed by atoms with E-state index in [0.717, 1.165) is 11.4 Å². The quantitative estimate of drug-likeness (QED) is 0.755. The molecule has 0 aliphatic heterocycles. The van der Waals surface area contributed by atoms with Crippen LogP contribution in [-0.4, -0.2) is 21.6 Å². The Hall–Kier alpha value is -3.41. The highest BCUT2D eigenvalue weighted by atomic mass is 16.2. The number of carbonyl (C=O) groups excluding carboxylic acids is 2. The van der Waals surface area contributed by atoms with Gasteiger partial charge in [0.05, 0.1) is 22.6 Å². The summed E-state index contributed by atoms with van der Waals surface area (Å²) in [7, 11) is 0.